The van der Waals surface area contributed by atoms with E-state index < -0.39 is 17.2 Å². The lowest BCUT2D eigenvalue weighted by Crippen LogP contribution is -2.52. The van der Waals surface area contributed by atoms with Gasteiger partial charge in [-0.15, -0.1) is 0 Å². The SMILES string of the molecule is Cc1cc2c3cc(Cl)c(OC[C@](C)(CC(C)C)NC(=O)OC(C)(C)C)cc3c(=O)n(C)c2cn1. The number of fused-ring (bicyclic) bond motifs is 3. The molecule has 1 aromatic carbocycles. The molecule has 0 spiro atoms. The van der Waals surface area contributed by atoms with Crippen LogP contribution in [0.3, 0.4) is 0 Å². The second-order valence-electron chi connectivity index (χ2n) is 10.6. The predicted octanol–water partition coefficient (Wildman–Crippen LogP) is 5.76. The lowest BCUT2D eigenvalue weighted by Gasteiger charge is -2.33. The molecule has 34 heavy (non-hydrogen) atoms. The van der Waals surface area contributed by atoms with E-state index in [-0.39, 0.29) is 12.2 Å². The molecule has 8 heteroatoms. The van der Waals surface area contributed by atoms with Crippen LogP contribution < -0.4 is 15.6 Å². The highest BCUT2D eigenvalue weighted by Gasteiger charge is 2.31. The Hall–Kier alpha value is -2.80. The van der Waals surface area contributed by atoms with Crippen LogP contribution in [0.1, 0.15) is 53.7 Å². The van der Waals surface area contributed by atoms with Crippen LogP contribution in [0.2, 0.25) is 5.02 Å². The zero-order chi connectivity index (χ0) is 25.4. The quantitative estimate of drug-likeness (QED) is 0.447. The first-order valence-electron chi connectivity index (χ1n) is 11.4. The van der Waals surface area contributed by atoms with E-state index >= 15 is 0 Å². The summed E-state index contributed by atoms with van der Waals surface area (Å²) >= 11 is 6.60. The van der Waals surface area contributed by atoms with Crippen LogP contribution in [-0.2, 0) is 11.8 Å². The van der Waals surface area contributed by atoms with Gasteiger partial charge in [-0.25, -0.2) is 4.79 Å². The number of carbonyl (C=O) groups excluding carboxylic acids is 1. The second kappa shape index (κ2) is 9.45. The molecule has 184 valence electrons. The van der Waals surface area contributed by atoms with Crippen LogP contribution in [-0.4, -0.2) is 33.4 Å². The largest absolute Gasteiger partial charge is 0.490 e. The van der Waals surface area contributed by atoms with Gasteiger partial charge in [-0.1, -0.05) is 25.4 Å². The molecule has 1 atom stereocenters. The summed E-state index contributed by atoms with van der Waals surface area (Å²) < 4.78 is 13.1. The van der Waals surface area contributed by atoms with Gasteiger partial charge >= 0.3 is 6.09 Å². The van der Waals surface area contributed by atoms with Gasteiger partial charge < -0.3 is 19.4 Å². The molecule has 2 aromatic heterocycles. The molecule has 7 nitrogen and oxygen atoms in total. The van der Waals surface area contributed by atoms with E-state index in [9.17, 15) is 9.59 Å². The number of aryl methyl sites for hydroxylation is 2. The number of pyridine rings is 2. The first-order chi connectivity index (χ1) is 15.7. The maximum absolute atomic E-state index is 13.1. The third kappa shape index (κ3) is 5.81. The minimum atomic E-state index is -0.702. The first-order valence-corrected chi connectivity index (χ1v) is 11.8. The Kier molecular flexibility index (Phi) is 7.18. The number of aromatic nitrogens is 2. The molecule has 0 radical (unpaired) electrons. The van der Waals surface area contributed by atoms with Crippen LogP contribution in [0, 0.1) is 12.8 Å². The Bertz CT molecular complexity index is 1290. The Labute approximate surface area is 205 Å². The number of hydrogen-bond donors (Lipinski definition) is 1. The molecule has 0 fully saturated rings. The third-order valence-electron chi connectivity index (χ3n) is 5.49. The summed E-state index contributed by atoms with van der Waals surface area (Å²) in [7, 11) is 1.72. The Morgan fingerprint density at radius 1 is 1.15 bits per heavy atom. The second-order valence-corrected chi connectivity index (χ2v) is 11.0. The number of hydrogen-bond acceptors (Lipinski definition) is 5. The summed E-state index contributed by atoms with van der Waals surface area (Å²) in [6, 6.07) is 5.38. The minimum absolute atomic E-state index is 0.159. The lowest BCUT2D eigenvalue weighted by molar-refractivity contribution is 0.0408. The molecular weight excluding hydrogens is 454 g/mol. The van der Waals surface area contributed by atoms with Crippen molar-refractivity contribution >= 4 is 39.4 Å². The van der Waals surface area contributed by atoms with Crippen molar-refractivity contribution < 1.29 is 14.3 Å². The average Bonchev–Trinajstić information content (AvgIpc) is 2.68. The maximum Gasteiger partial charge on any atom is 0.408 e. The standard InChI is InChI=1S/C26H34ClN3O4/c1-15(2)12-26(7,29-24(32)34-25(4,5)6)14-33-22-11-19-17(10-20(22)27)18-9-16(3)28-13-21(18)30(8)23(19)31/h9-11,13,15H,12,14H2,1-8H3,(H,29,32)/t26-/m0/s1. The molecule has 0 bridgehead atoms. The Balaban J connectivity index is 1.97. The number of halogens is 1. The number of rotatable bonds is 6. The van der Waals surface area contributed by atoms with Crippen LogP contribution in [0.25, 0.3) is 21.7 Å². The van der Waals surface area contributed by atoms with Crippen molar-refractivity contribution in [3.8, 4) is 5.75 Å². The minimum Gasteiger partial charge on any atom is -0.490 e. The highest BCUT2D eigenvalue weighted by molar-refractivity contribution is 6.33. The van der Waals surface area contributed by atoms with E-state index in [1.807, 2.05) is 40.7 Å². The van der Waals surface area contributed by atoms with Crippen molar-refractivity contribution in [1.29, 1.82) is 0 Å². The number of ether oxygens (including phenoxy) is 2. The van der Waals surface area contributed by atoms with Crippen molar-refractivity contribution in [3.63, 3.8) is 0 Å². The van der Waals surface area contributed by atoms with E-state index in [4.69, 9.17) is 21.1 Å². The van der Waals surface area contributed by atoms with Gasteiger partial charge in [0, 0.05) is 18.1 Å². The third-order valence-corrected chi connectivity index (χ3v) is 5.78. The summed E-state index contributed by atoms with van der Waals surface area (Å²) in [5.41, 5.74) is 0.112. The number of amides is 1. The van der Waals surface area contributed by atoms with Crippen molar-refractivity contribution in [3.05, 3.63) is 45.5 Å². The van der Waals surface area contributed by atoms with Crippen LogP contribution in [0.4, 0.5) is 4.79 Å². The predicted molar refractivity (Wildman–Crippen MR) is 137 cm³/mol. The van der Waals surface area contributed by atoms with Gasteiger partial charge in [0.15, 0.2) is 0 Å². The molecule has 0 saturated carbocycles. The smallest absolute Gasteiger partial charge is 0.408 e. The van der Waals surface area contributed by atoms with Crippen molar-refractivity contribution in [2.24, 2.45) is 13.0 Å². The van der Waals surface area contributed by atoms with Gasteiger partial charge in [0.05, 0.1) is 27.7 Å². The van der Waals surface area contributed by atoms with E-state index in [0.29, 0.717) is 28.5 Å². The summed E-state index contributed by atoms with van der Waals surface area (Å²) in [4.78, 5) is 29.9. The molecule has 3 aromatic rings. The zero-order valence-corrected chi connectivity index (χ0v) is 22.0. The van der Waals surface area contributed by atoms with Gasteiger partial charge in [-0.05, 0) is 70.5 Å². The zero-order valence-electron chi connectivity index (χ0n) is 21.2. The van der Waals surface area contributed by atoms with Gasteiger partial charge in [0.25, 0.3) is 5.56 Å². The summed E-state index contributed by atoms with van der Waals surface area (Å²) in [5, 5.41) is 5.50. The average molecular weight is 488 g/mol. The molecule has 0 aliphatic heterocycles. The summed E-state index contributed by atoms with van der Waals surface area (Å²) in [5.74, 6) is 0.684. The van der Waals surface area contributed by atoms with Crippen molar-refractivity contribution in [2.45, 2.75) is 66.0 Å². The van der Waals surface area contributed by atoms with Crippen molar-refractivity contribution in [2.75, 3.05) is 6.61 Å². The highest BCUT2D eigenvalue weighted by atomic mass is 35.5. The number of nitrogens with one attached hydrogen (secondary N) is 1. The van der Waals surface area contributed by atoms with Gasteiger partial charge in [0.2, 0.25) is 0 Å². The topological polar surface area (TPSA) is 82.5 Å². The first kappa shape index (κ1) is 25.8. The fraction of sp³-hybridized carbons (Fsp3) is 0.500. The normalized spacial score (nSPS) is 13.8. The van der Waals surface area contributed by atoms with Gasteiger partial charge in [-0.3, -0.25) is 9.78 Å². The van der Waals surface area contributed by atoms with E-state index in [1.54, 1.807) is 29.9 Å². The lowest BCUT2D eigenvalue weighted by atomic mass is 9.91. The van der Waals surface area contributed by atoms with E-state index in [2.05, 4.69) is 24.1 Å². The molecule has 0 aliphatic carbocycles. The van der Waals surface area contributed by atoms with E-state index in [0.717, 1.165) is 22.0 Å². The van der Waals surface area contributed by atoms with Crippen molar-refractivity contribution in [1.82, 2.24) is 14.9 Å². The maximum atomic E-state index is 13.1. The molecule has 0 unspecified atom stereocenters. The summed E-state index contributed by atoms with van der Waals surface area (Å²) in [6.07, 6.45) is 1.85. The van der Waals surface area contributed by atoms with E-state index in [1.165, 1.54) is 0 Å². The van der Waals surface area contributed by atoms with Gasteiger partial charge in [-0.2, -0.15) is 0 Å². The number of benzene rings is 1. The fourth-order valence-electron chi connectivity index (χ4n) is 4.22. The van der Waals surface area contributed by atoms with Gasteiger partial charge in [0.1, 0.15) is 18.0 Å². The van der Waals surface area contributed by atoms with Crippen LogP contribution >= 0.6 is 11.6 Å². The molecule has 0 saturated heterocycles. The number of carbonyl (C=O) groups is 1. The molecule has 0 aliphatic rings. The Morgan fingerprint density at radius 3 is 2.44 bits per heavy atom. The van der Waals surface area contributed by atoms with Crippen LogP contribution in [0.5, 0.6) is 5.75 Å². The number of alkyl carbamates (subject to hydrolysis) is 1. The van der Waals surface area contributed by atoms with Crippen LogP contribution in [0.15, 0.2) is 29.2 Å². The number of nitrogens with zero attached hydrogens (tertiary/aromatic N) is 2. The molecule has 1 amide bonds. The highest BCUT2D eigenvalue weighted by Crippen LogP contribution is 2.33. The Morgan fingerprint density at radius 2 is 1.82 bits per heavy atom. The summed E-state index contributed by atoms with van der Waals surface area (Å²) in [6.45, 7) is 13.6. The molecule has 1 N–H and O–H groups in total. The fourth-order valence-corrected chi connectivity index (χ4v) is 4.44. The molecule has 3 rings (SSSR count). The monoisotopic (exact) mass is 487 g/mol. The molecular formula is C26H34ClN3O4. The molecule has 2 heterocycles.